The van der Waals surface area contributed by atoms with Crippen LogP contribution in [0.25, 0.3) is 0 Å². The Balaban J connectivity index is 1.29. The van der Waals surface area contributed by atoms with Crippen LogP contribution in [0.3, 0.4) is 0 Å². The van der Waals surface area contributed by atoms with Crippen molar-refractivity contribution in [2.24, 2.45) is 5.92 Å². The van der Waals surface area contributed by atoms with Gasteiger partial charge in [-0.25, -0.2) is 9.97 Å². The number of benzene rings is 2. The second-order valence-corrected chi connectivity index (χ2v) is 8.36. The van der Waals surface area contributed by atoms with E-state index in [9.17, 15) is 4.79 Å². The van der Waals surface area contributed by atoms with Crippen LogP contribution in [0.1, 0.15) is 30.9 Å². The van der Waals surface area contributed by atoms with Gasteiger partial charge in [-0.3, -0.25) is 4.79 Å². The van der Waals surface area contributed by atoms with Crippen molar-refractivity contribution < 1.29 is 9.53 Å². The molecule has 1 saturated heterocycles. The Bertz CT molecular complexity index is 1030. The van der Waals surface area contributed by atoms with Gasteiger partial charge >= 0.3 is 0 Å². The highest BCUT2D eigenvalue weighted by atomic mass is 35.5. The number of amides is 1. The number of hydrogen-bond donors (Lipinski definition) is 1. The van der Waals surface area contributed by atoms with Gasteiger partial charge in [-0.1, -0.05) is 42.8 Å². The van der Waals surface area contributed by atoms with Gasteiger partial charge in [-0.05, 0) is 54.7 Å². The minimum atomic E-state index is 0.00758. The highest BCUT2D eigenvalue weighted by molar-refractivity contribution is 6.30. The Kier molecular flexibility index (Phi) is 7.22. The van der Waals surface area contributed by atoms with Gasteiger partial charge in [-0.2, -0.15) is 0 Å². The third-order valence-electron chi connectivity index (χ3n) is 5.75. The van der Waals surface area contributed by atoms with E-state index in [4.69, 9.17) is 16.3 Å². The normalized spacial score (nSPS) is 14.2. The molecule has 0 aliphatic carbocycles. The molecule has 32 heavy (non-hydrogen) atoms. The molecule has 4 rings (SSSR count). The zero-order valence-electron chi connectivity index (χ0n) is 18.1. The number of anilines is 1. The molecule has 1 fully saturated rings. The molecule has 1 aliphatic rings. The molecule has 6 nitrogen and oxygen atoms in total. The van der Waals surface area contributed by atoms with Crippen molar-refractivity contribution in [1.82, 2.24) is 15.3 Å². The lowest BCUT2D eigenvalue weighted by Gasteiger charge is -2.32. The number of ether oxygens (including phenoxy) is 1. The van der Waals surface area contributed by atoms with Crippen LogP contribution >= 0.6 is 11.6 Å². The molecule has 0 spiro atoms. The summed E-state index contributed by atoms with van der Waals surface area (Å²) in [5.74, 6) is 2.19. The molecule has 2 heterocycles. The Labute approximate surface area is 193 Å². The second-order valence-electron chi connectivity index (χ2n) is 7.92. The quantitative estimate of drug-likeness (QED) is 0.547. The molecule has 1 aromatic heterocycles. The average Bonchev–Trinajstić information content (AvgIpc) is 2.84. The monoisotopic (exact) mass is 450 g/mol. The van der Waals surface area contributed by atoms with Gasteiger partial charge in [0.2, 0.25) is 11.8 Å². The van der Waals surface area contributed by atoms with Gasteiger partial charge in [0.25, 0.3) is 0 Å². The zero-order chi connectivity index (χ0) is 22.3. The largest absolute Gasteiger partial charge is 0.439 e. The number of carbonyl (C=O) groups is 1. The minimum Gasteiger partial charge on any atom is -0.439 e. The minimum absolute atomic E-state index is 0.00758. The summed E-state index contributed by atoms with van der Waals surface area (Å²) >= 11 is 5.91. The first kappa shape index (κ1) is 22.1. The van der Waals surface area contributed by atoms with Crippen LogP contribution in [0.2, 0.25) is 5.02 Å². The van der Waals surface area contributed by atoms with Gasteiger partial charge in [0.05, 0.1) is 0 Å². The number of aryl methyl sites for hydroxylation is 1. The van der Waals surface area contributed by atoms with Crippen molar-refractivity contribution in [2.45, 2.75) is 32.7 Å². The molecule has 0 radical (unpaired) electrons. The topological polar surface area (TPSA) is 67.3 Å². The molecule has 1 N–H and O–H groups in total. The van der Waals surface area contributed by atoms with Crippen LogP contribution in [0.5, 0.6) is 11.6 Å². The number of nitrogens with zero attached hydrogens (tertiary/aromatic N) is 3. The molecule has 0 atom stereocenters. The van der Waals surface area contributed by atoms with E-state index in [2.05, 4.69) is 39.2 Å². The Morgan fingerprint density at radius 2 is 1.75 bits per heavy atom. The van der Waals surface area contributed by atoms with E-state index in [1.54, 1.807) is 0 Å². The first-order chi connectivity index (χ1) is 15.6. The molecule has 3 aromatic rings. The fraction of sp³-hybridized carbons (Fsp3) is 0.320. The molecular weight excluding hydrogens is 424 g/mol. The molecule has 0 bridgehead atoms. The van der Waals surface area contributed by atoms with Crippen LogP contribution in [-0.4, -0.2) is 29.0 Å². The van der Waals surface area contributed by atoms with Crippen molar-refractivity contribution in [1.29, 1.82) is 0 Å². The molecule has 0 saturated carbocycles. The molecular formula is C25H27ClN4O2. The highest BCUT2D eigenvalue weighted by Gasteiger charge is 2.25. The predicted octanol–water partition coefficient (Wildman–Crippen LogP) is 5.02. The molecule has 1 amide bonds. The smallest absolute Gasteiger partial charge is 0.224 e. The SMILES string of the molecule is CCc1ccc(Oc2cc(N3CCC(C(=O)NCc4ccc(Cl)cc4)CC3)ncn2)cc1. The number of rotatable bonds is 7. The van der Waals surface area contributed by atoms with Crippen LogP contribution in [0.4, 0.5) is 5.82 Å². The number of halogens is 1. The zero-order valence-corrected chi connectivity index (χ0v) is 18.9. The lowest BCUT2D eigenvalue weighted by atomic mass is 9.96. The predicted molar refractivity (Wildman–Crippen MR) is 126 cm³/mol. The van der Waals surface area contributed by atoms with Gasteiger partial charge in [-0.15, -0.1) is 0 Å². The molecule has 2 aromatic carbocycles. The van der Waals surface area contributed by atoms with Gasteiger partial charge in [0.1, 0.15) is 17.9 Å². The van der Waals surface area contributed by atoms with Crippen LogP contribution in [-0.2, 0) is 17.8 Å². The first-order valence-corrected chi connectivity index (χ1v) is 11.3. The maximum Gasteiger partial charge on any atom is 0.224 e. The van der Waals surface area contributed by atoms with Crippen molar-refractivity contribution >= 4 is 23.3 Å². The summed E-state index contributed by atoms with van der Waals surface area (Å²) in [6.07, 6.45) is 4.08. The summed E-state index contributed by atoms with van der Waals surface area (Å²) in [6, 6.07) is 17.4. The number of carbonyl (C=O) groups excluding carboxylic acids is 1. The third kappa shape index (κ3) is 5.77. The summed E-state index contributed by atoms with van der Waals surface area (Å²) in [7, 11) is 0. The van der Waals surface area contributed by atoms with Crippen molar-refractivity contribution in [3.8, 4) is 11.6 Å². The molecule has 7 heteroatoms. The summed E-state index contributed by atoms with van der Waals surface area (Å²) in [5, 5.41) is 3.74. The van der Waals surface area contributed by atoms with E-state index < -0.39 is 0 Å². The Morgan fingerprint density at radius 3 is 2.44 bits per heavy atom. The van der Waals surface area contributed by atoms with Crippen LogP contribution in [0, 0.1) is 5.92 Å². The van der Waals surface area contributed by atoms with Crippen molar-refractivity contribution in [2.75, 3.05) is 18.0 Å². The standard InChI is InChI=1S/C25H27ClN4O2/c1-2-18-5-9-22(10-6-18)32-24-15-23(28-17-29-24)30-13-11-20(12-14-30)25(31)27-16-19-3-7-21(26)8-4-19/h3-10,15,17,20H,2,11-14,16H2,1H3,(H,27,31). The number of piperidine rings is 1. The van der Waals surface area contributed by atoms with E-state index in [1.807, 2.05) is 42.5 Å². The number of nitrogens with one attached hydrogen (secondary N) is 1. The highest BCUT2D eigenvalue weighted by Crippen LogP contribution is 2.26. The van der Waals surface area contributed by atoms with Crippen molar-refractivity contribution in [3.63, 3.8) is 0 Å². The van der Waals surface area contributed by atoms with E-state index >= 15 is 0 Å². The summed E-state index contributed by atoms with van der Waals surface area (Å²) in [4.78, 5) is 23.4. The van der Waals surface area contributed by atoms with E-state index in [0.717, 1.165) is 49.5 Å². The molecule has 0 unspecified atom stereocenters. The molecule has 1 aliphatic heterocycles. The number of aromatic nitrogens is 2. The summed E-state index contributed by atoms with van der Waals surface area (Å²) in [6.45, 7) is 4.17. The lowest BCUT2D eigenvalue weighted by molar-refractivity contribution is -0.125. The van der Waals surface area contributed by atoms with Gasteiger partial charge in [0, 0.05) is 36.6 Å². The fourth-order valence-corrected chi connectivity index (χ4v) is 3.91. The first-order valence-electron chi connectivity index (χ1n) is 11.0. The van der Waals surface area contributed by atoms with E-state index in [0.29, 0.717) is 17.4 Å². The van der Waals surface area contributed by atoms with E-state index in [-0.39, 0.29) is 11.8 Å². The summed E-state index contributed by atoms with van der Waals surface area (Å²) in [5.41, 5.74) is 2.30. The van der Waals surface area contributed by atoms with E-state index in [1.165, 1.54) is 11.9 Å². The maximum atomic E-state index is 12.6. The molecule has 166 valence electrons. The third-order valence-corrected chi connectivity index (χ3v) is 6.00. The lowest BCUT2D eigenvalue weighted by Crippen LogP contribution is -2.40. The summed E-state index contributed by atoms with van der Waals surface area (Å²) < 4.78 is 5.90. The second kappa shape index (κ2) is 10.5. The average molecular weight is 451 g/mol. The van der Waals surface area contributed by atoms with Gasteiger partial charge < -0.3 is 15.0 Å². The van der Waals surface area contributed by atoms with Gasteiger partial charge in [0.15, 0.2) is 0 Å². The van der Waals surface area contributed by atoms with Crippen molar-refractivity contribution in [3.05, 3.63) is 77.1 Å². The van der Waals surface area contributed by atoms with Crippen LogP contribution < -0.4 is 15.0 Å². The van der Waals surface area contributed by atoms with Crippen LogP contribution in [0.15, 0.2) is 60.9 Å². The Morgan fingerprint density at radius 1 is 1.06 bits per heavy atom. The fourth-order valence-electron chi connectivity index (χ4n) is 3.78. The maximum absolute atomic E-state index is 12.6. The number of hydrogen-bond acceptors (Lipinski definition) is 5. The Hall–Kier alpha value is -3.12.